The molecule has 1 atom stereocenters. The molecule has 6 heteroatoms. The predicted octanol–water partition coefficient (Wildman–Crippen LogP) is 3.02. The molecule has 1 aliphatic heterocycles. The zero-order valence-electron chi connectivity index (χ0n) is 9.60. The van der Waals surface area contributed by atoms with Crippen LogP contribution in [-0.4, -0.2) is 18.5 Å². The van der Waals surface area contributed by atoms with Crippen LogP contribution < -0.4 is 10.6 Å². The Labute approximate surface area is 121 Å². The van der Waals surface area contributed by atoms with Crippen LogP contribution in [0.1, 0.15) is 18.4 Å². The quantitative estimate of drug-likeness (QED) is 0.843. The van der Waals surface area contributed by atoms with Crippen LogP contribution in [0.5, 0.6) is 0 Å². The lowest BCUT2D eigenvalue weighted by molar-refractivity contribution is -0.124. The molecule has 1 fully saturated rings. The maximum absolute atomic E-state index is 11.6. The lowest BCUT2D eigenvalue weighted by Gasteiger charge is -2.23. The Morgan fingerprint density at radius 2 is 2.00 bits per heavy atom. The third kappa shape index (κ3) is 3.09. The summed E-state index contributed by atoms with van der Waals surface area (Å²) in [6.07, 6.45) is 1.79. The molecule has 1 aliphatic rings. The van der Waals surface area contributed by atoms with Crippen LogP contribution >= 0.6 is 34.8 Å². The highest BCUT2D eigenvalue weighted by Crippen LogP contribution is 2.31. The van der Waals surface area contributed by atoms with Crippen molar-refractivity contribution in [3.63, 3.8) is 0 Å². The predicted molar refractivity (Wildman–Crippen MR) is 74.3 cm³/mol. The van der Waals surface area contributed by atoms with Crippen molar-refractivity contribution in [2.75, 3.05) is 6.54 Å². The topological polar surface area (TPSA) is 41.1 Å². The van der Waals surface area contributed by atoms with E-state index >= 15 is 0 Å². The molecule has 1 aromatic rings. The zero-order chi connectivity index (χ0) is 13.1. The highest BCUT2D eigenvalue weighted by atomic mass is 35.5. The molecule has 0 aliphatic carbocycles. The van der Waals surface area contributed by atoms with Crippen LogP contribution in [0.2, 0.25) is 15.1 Å². The van der Waals surface area contributed by atoms with Gasteiger partial charge in [-0.25, -0.2) is 0 Å². The first kappa shape index (κ1) is 13.9. The van der Waals surface area contributed by atoms with E-state index in [1.807, 2.05) is 0 Å². The van der Waals surface area contributed by atoms with Crippen LogP contribution in [-0.2, 0) is 11.3 Å². The van der Waals surface area contributed by atoms with Crippen LogP contribution in [0.4, 0.5) is 0 Å². The van der Waals surface area contributed by atoms with Gasteiger partial charge >= 0.3 is 0 Å². The Balaban J connectivity index is 2.06. The van der Waals surface area contributed by atoms with Gasteiger partial charge < -0.3 is 10.6 Å². The molecular weight excluding hydrogens is 295 g/mol. The number of hydrogen-bond acceptors (Lipinski definition) is 2. The Kier molecular flexibility index (Phi) is 4.73. The largest absolute Gasteiger partial charge is 0.355 e. The number of carbonyl (C=O) groups is 1. The second-order valence-corrected chi connectivity index (χ2v) is 5.38. The molecule has 0 aromatic heterocycles. The lowest BCUT2D eigenvalue weighted by atomic mass is 10.1. The van der Waals surface area contributed by atoms with Gasteiger partial charge in [-0.2, -0.15) is 0 Å². The molecule has 2 N–H and O–H groups in total. The molecule has 0 bridgehead atoms. The third-order valence-corrected chi connectivity index (χ3v) is 4.15. The van der Waals surface area contributed by atoms with Crippen molar-refractivity contribution in [1.82, 2.24) is 10.6 Å². The summed E-state index contributed by atoms with van der Waals surface area (Å²) < 4.78 is 0. The normalized spacial score (nSPS) is 19.7. The van der Waals surface area contributed by atoms with E-state index in [1.54, 1.807) is 12.1 Å². The minimum absolute atomic E-state index is 0.0236. The molecule has 1 amide bonds. The molecule has 0 saturated carbocycles. The smallest absolute Gasteiger partial charge is 0.237 e. The molecule has 1 unspecified atom stereocenters. The summed E-state index contributed by atoms with van der Waals surface area (Å²) in [6, 6.07) is 3.17. The fourth-order valence-electron chi connectivity index (χ4n) is 1.92. The van der Waals surface area contributed by atoms with Gasteiger partial charge in [0, 0.05) is 23.7 Å². The minimum Gasteiger partial charge on any atom is -0.355 e. The van der Waals surface area contributed by atoms with Crippen LogP contribution in [0.25, 0.3) is 0 Å². The third-order valence-electron chi connectivity index (χ3n) is 2.95. The summed E-state index contributed by atoms with van der Waals surface area (Å²) >= 11 is 18.1. The van der Waals surface area contributed by atoms with E-state index in [9.17, 15) is 4.79 Å². The van der Waals surface area contributed by atoms with Gasteiger partial charge in [-0.15, -0.1) is 0 Å². The van der Waals surface area contributed by atoms with Gasteiger partial charge in [0.15, 0.2) is 0 Å². The molecule has 1 saturated heterocycles. The van der Waals surface area contributed by atoms with Gasteiger partial charge in [-0.05, 0) is 25.0 Å². The zero-order valence-corrected chi connectivity index (χ0v) is 11.9. The summed E-state index contributed by atoms with van der Waals surface area (Å²) in [4.78, 5) is 11.6. The van der Waals surface area contributed by atoms with Crippen molar-refractivity contribution in [1.29, 1.82) is 0 Å². The van der Waals surface area contributed by atoms with Crippen LogP contribution in [0.3, 0.4) is 0 Å². The van der Waals surface area contributed by atoms with Crippen molar-refractivity contribution in [3.8, 4) is 0 Å². The molecule has 3 nitrogen and oxygen atoms in total. The number of carbonyl (C=O) groups excluding carboxylic acids is 1. The highest BCUT2D eigenvalue weighted by Gasteiger charge is 2.22. The molecule has 0 spiro atoms. The maximum atomic E-state index is 11.6. The summed E-state index contributed by atoms with van der Waals surface area (Å²) in [5.74, 6) is 0.0236. The van der Waals surface area contributed by atoms with Crippen molar-refractivity contribution in [2.24, 2.45) is 0 Å². The molecule has 0 radical (unpaired) electrons. The molecule has 98 valence electrons. The van der Waals surface area contributed by atoms with Crippen LogP contribution in [0.15, 0.2) is 12.1 Å². The van der Waals surface area contributed by atoms with Crippen LogP contribution in [0, 0.1) is 0 Å². The summed E-state index contributed by atoms with van der Waals surface area (Å²) in [5, 5.41) is 7.42. The van der Waals surface area contributed by atoms with Crippen molar-refractivity contribution in [3.05, 3.63) is 32.8 Å². The van der Waals surface area contributed by atoms with E-state index in [-0.39, 0.29) is 11.9 Å². The van der Waals surface area contributed by atoms with E-state index in [2.05, 4.69) is 10.6 Å². The van der Waals surface area contributed by atoms with Gasteiger partial charge in [-0.1, -0.05) is 34.8 Å². The Bertz CT molecular complexity index is 465. The molecule has 1 heterocycles. The number of hydrogen-bond donors (Lipinski definition) is 2. The summed E-state index contributed by atoms with van der Waals surface area (Å²) in [6.45, 7) is 1.17. The number of halogens is 3. The van der Waals surface area contributed by atoms with Gasteiger partial charge in [0.05, 0.1) is 16.1 Å². The Morgan fingerprint density at radius 3 is 2.72 bits per heavy atom. The van der Waals surface area contributed by atoms with E-state index in [0.717, 1.165) is 24.9 Å². The van der Waals surface area contributed by atoms with Gasteiger partial charge in [-0.3, -0.25) is 4.79 Å². The van der Waals surface area contributed by atoms with E-state index < -0.39 is 0 Å². The highest BCUT2D eigenvalue weighted by molar-refractivity contribution is 6.44. The fourth-order valence-corrected chi connectivity index (χ4v) is 2.60. The molecule has 1 aromatic carbocycles. The molecule has 18 heavy (non-hydrogen) atoms. The van der Waals surface area contributed by atoms with E-state index in [1.165, 1.54) is 0 Å². The lowest BCUT2D eigenvalue weighted by Crippen LogP contribution is -2.47. The van der Waals surface area contributed by atoms with E-state index in [0.29, 0.717) is 21.6 Å². The minimum atomic E-state index is -0.190. The first-order valence-corrected chi connectivity index (χ1v) is 6.86. The van der Waals surface area contributed by atoms with Gasteiger partial charge in [0.1, 0.15) is 0 Å². The standard InChI is InChI=1S/C12H13Cl3N2O/c13-8-3-4-9(14)11(15)7(8)6-17-10-2-1-5-16-12(10)18/h3-4,10,17H,1-2,5-6H2,(H,16,18). The van der Waals surface area contributed by atoms with Gasteiger partial charge in [0.2, 0.25) is 5.91 Å². The first-order valence-electron chi connectivity index (χ1n) is 5.73. The Hall–Kier alpha value is -0.480. The second-order valence-electron chi connectivity index (χ2n) is 4.19. The Morgan fingerprint density at radius 1 is 1.28 bits per heavy atom. The summed E-state index contributed by atoms with van der Waals surface area (Å²) in [5.41, 5.74) is 0.726. The monoisotopic (exact) mass is 306 g/mol. The summed E-state index contributed by atoms with van der Waals surface area (Å²) in [7, 11) is 0. The van der Waals surface area contributed by atoms with Crippen molar-refractivity contribution < 1.29 is 4.79 Å². The van der Waals surface area contributed by atoms with E-state index in [4.69, 9.17) is 34.8 Å². The number of nitrogens with one attached hydrogen (secondary N) is 2. The van der Waals surface area contributed by atoms with Crippen molar-refractivity contribution in [2.45, 2.75) is 25.4 Å². The SMILES string of the molecule is O=C1NCCCC1NCc1c(Cl)ccc(Cl)c1Cl. The molecule has 2 rings (SSSR count). The fraction of sp³-hybridized carbons (Fsp3) is 0.417. The number of rotatable bonds is 3. The number of benzene rings is 1. The second kappa shape index (κ2) is 6.11. The number of amides is 1. The number of piperidine rings is 1. The van der Waals surface area contributed by atoms with Gasteiger partial charge in [0.25, 0.3) is 0 Å². The maximum Gasteiger partial charge on any atom is 0.237 e. The average Bonchev–Trinajstić information content (AvgIpc) is 2.36. The average molecular weight is 308 g/mol. The molecular formula is C12H13Cl3N2O. The first-order chi connectivity index (χ1) is 8.59. The van der Waals surface area contributed by atoms with Crippen molar-refractivity contribution >= 4 is 40.7 Å².